The minimum atomic E-state index is -1.66. The third-order valence-corrected chi connectivity index (χ3v) is 5.17. The van der Waals surface area contributed by atoms with Gasteiger partial charge in [0, 0.05) is 122 Å². The van der Waals surface area contributed by atoms with E-state index in [9.17, 15) is 0 Å². The summed E-state index contributed by atoms with van der Waals surface area (Å²) in [7, 11) is 0. The fourth-order valence-electron chi connectivity index (χ4n) is 3.44. The molecule has 3 radical (unpaired) electrons. The maximum Gasteiger partial charge on any atom is 2.00 e. The van der Waals surface area contributed by atoms with Crippen molar-refractivity contribution in [2.24, 2.45) is 22.9 Å². The van der Waals surface area contributed by atoms with Crippen LogP contribution in [0.3, 0.4) is 0 Å². The van der Waals surface area contributed by atoms with E-state index in [4.69, 9.17) is 105 Å². The number of aliphatic hydroxyl groups is 16. The molecule has 24 N–H and O–H groups in total. The number of hydrogen-bond acceptors (Lipinski definition) is 24. The number of nitrogens with two attached hydrogens (primary N) is 4. The van der Waals surface area contributed by atoms with Crippen LogP contribution >= 0.6 is 0 Å². The summed E-state index contributed by atoms with van der Waals surface area (Å²) >= 11 is 0. The Morgan fingerprint density at radius 2 is 0.373 bits per heavy atom. The van der Waals surface area contributed by atoms with Gasteiger partial charge >= 0.3 is 34.1 Å². The van der Waals surface area contributed by atoms with Crippen LogP contribution in [0.4, 0.5) is 0 Å². The van der Waals surface area contributed by atoms with Crippen LogP contribution in [-0.2, 0) is 51.2 Å². The second-order valence-electron chi connectivity index (χ2n) is 10.0. The van der Waals surface area contributed by atoms with E-state index in [0.717, 1.165) is 0 Å². The van der Waals surface area contributed by atoms with Crippen LogP contribution in [0.15, 0.2) is 0 Å². The first-order valence-corrected chi connectivity index (χ1v) is 14.8. The van der Waals surface area contributed by atoms with Crippen LogP contribution in [0, 0.1) is 0 Å². The average Bonchev–Trinajstić information content (AvgIpc) is 2.92. The molecule has 0 aliphatic heterocycles. The van der Waals surface area contributed by atoms with Gasteiger partial charge in [-0.15, -0.1) is 0 Å². The van der Waals surface area contributed by atoms with Crippen molar-refractivity contribution in [3.05, 3.63) is 0 Å². The maximum atomic E-state index is 8.87. The summed E-state index contributed by atoms with van der Waals surface area (Å²) in [6.45, 7) is 1.10. The van der Waals surface area contributed by atoms with E-state index in [1.165, 1.54) is 19.6 Å². The Labute approximate surface area is 329 Å². The monoisotopic (exact) mass is 909 g/mol. The molecular weight excluding hydrogens is 847 g/mol. The molecule has 0 atom stereocenters. The van der Waals surface area contributed by atoms with Crippen LogP contribution in [0.5, 0.6) is 0 Å². The van der Waals surface area contributed by atoms with Crippen LogP contribution in [0.2, 0.25) is 0 Å². The van der Waals surface area contributed by atoms with E-state index in [1.54, 1.807) is 0 Å². The zero-order valence-corrected chi connectivity index (χ0v) is 30.9. The molecule has 51 heavy (non-hydrogen) atoms. The van der Waals surface area contributed by atoms with Crippen molar-refractivity contribution in [1.29, 1.82) is 0 Å². The first-order chi connectivity index (χ1) is 22.2. The summed E-state index contributed by atoms with van der Waals surface area (Å²) in [6.07, 6.45) is -13.3. The molecule has 0 amide bonds. The summed E-state index contributed by atoms with van der Waals surface area (Å²) in [5.41, 5.74) is 19.6. The maximum absolute atomic E-state index is 8.87. The molecule has 24 nitrogen and oxygen atoms in total. The van der Waals surface area contributed by atoms with Crippen molar-refractivity contribution >= 4 is 0 Å². The van der Waals surface area contributed by atoms with E-state index < -0.39 is 50.3 Å². The van der Waals surface area contributed by atoms with Gasteiger partial charge in [-0.3, -0.25) is 19.6 Å². The SMILES string of the molecule is NCCN.NCCN.OC(O)CN(CCN(CC(O)O)CC(O)O)CC(O)O.OC(O)CN(CCN(CC(O)O)CC(O)O)CC(O)O.[Cu+2].[Cu+2].[Cu]. The second-order valence-corrected chi connectivity index (χ2v) is 10.0. The van der Waals surface area contributed by atoms with Crippen molar-refractivity contribution in [3.8, 4) is 0 Å². The van der Waals surface area contributed by atoms with Gasteiger partial charge in [0.2, 0.25) is 0 Å². The van der Waals surface area contributed by atoms with Crippen LogP contribution in [0.1, 0.15) is 0 Å². The zero-order valence-electron chi connectivity index (χ0n) is 28.1. The van der Waals surface area contributed by atoms with Gasteiger partial charge < -0.3 is 105 Å². The molecule has 0 spiro atoms. The third-order valence-electron chi connectivity index (χ3n) is 5.17. The molecule has 325 valence electrons. The Bertz CT molecular complexity index is 519. The Morgan fingerprint density at radius 3 is 0.431 bits per heavy atom. The molecule has 27 heteroatoms. The van der Waals surface area contributed by atoms with Gasteiger partial charge in [-0.1, -0.05) is 0 Å². The average molecular weight is 911 g/mol. The Kier molecular flexibility index (Phi) is 58.6. The molecule has 0 aliphatic rings. The molecule has 0 fully saturated rings. The fraction of sp³-hybridized carbons (Fsp3) is 1.00. The van der Waals surface area contributed by atoms with E-state index >= 15 is 0 Å². The number of aliphatic hydroxyl groups excluding tert-OH is 8. The van der Waals surface area contributed by atoms with Crippen LogP contribution in [-0.4, -0.2) is 256 Å². The standard InChI is InChI=1S/2C10H24N2O8.2C2H8N2.3Cu/c2*13-7(14)3-11(4-8(15)16)1-2-12(5-9(17)18)6-10(19)20;2*3-1-2-4;;;/h2*7-10,13-20H,1-6H2;2*1-4H2;;;/q;;;;;2*+2. The van der Waals surface area contributed by atoms with E-state index in [2.05, 4.69) is 0 Å². The molecule has 0 aromatic rings. The fourth-order valence-corrected chi connectivity index (χ4v) is 3.44. The van der Waals surface area contributed by atoms with Gasteiger partial charge in [-0.25, -0.2) is 0 Å². The molecule has 0 aromatic carbocycles. The van der Waals surface area contributed by atoms with Crippen LogP contribution < -0.4 is 22.9 Å². The van der Waals surface area contributed by atoms with E-state index in [0.29, 0.717) is 26.2 Å². The van der Waals surface area contributed by atoms with Gasteiger partial charge in [-0.2, -0.15) is 0 Å². The molecule has 0 aliphatic carbocycles. The van der Waals surface area contributed by atoms with Crippen molar-refractivity contribution in [1.82, 2.24) is 19.6 Å². The minimum Gasteiger partial charge on any atom is -0.367 e. The molecule has 0 bridgehead atoms. The molecular formula is C24H64Cu3N8O16+4. The summed E-state index contributed by atoms with van der Waals surface area (Å²) in [5, 5.41) is 142. The van der Waals surface area contributed by atoms with Crippen molar-refractivity contribution in [3.63, 3.8) is 0 Å². The summed E-state index contributed by atoms with van der Waals surface area (Å²) in [5.74, 6) is 0. The van der Waals surface area contributed by atoms with Gasteiger partial charge in [0.15, 0.2) is 50.3 Å². The summed E-state index contributed by atoms with van der Waals surface area (Å²) in [4.78, 5) is 5.32. The number of hydrogen-bond donors (Lipinski definition) is 20. The second kappa shape index (κ2) is 45.0. The Hall–Kier alpha value is 0.598. The molecule has 0 aromatic heterocycles. The van der Waals surface area contributed by atoms with Crippen molar-refractivity contribution in [2.45, 2.75) is 50.3 Å². The molecule has 0 rings (SSSR count). The third kappa shape index (κ3) is 60.1. The quantitative estimate of drug-likeness (QED) is 0.0316. The minimum absolute atomic E-state index is 0. The van der Waals surface area contributed by atoms with E-state index in [1.807, 2.05) is 0 Å². The predicted molar refractivity (Wildman–Crippen MR) is 168 cm³/mol. The molecule has 0 unspecified atom stereocenters. The summed E-state index contributed by atoms with van der Waals surface area (Å²) < 4.78 is 0. The normalized spacial score (nSPS) is 11.3. The first-order valence-electron chi connectivity index (χ1n) is 14.8. The van der Waals surface area contributed by atoms with Gasteiger partial charge in [0.1, 0.15) is 0 Å². The number of rotatable bonds is 24. The van der Waals surface area contributed by atoms with Gasteiger partial charge in [0.25, 0.3) is 0 Å². The first kappa shape index (κ1) is 66.4. The Morgan fingerprint density at radius 1 is 0.275 bits per heavy atom. The van der Waals surface area contributed by atoms with Crippen molar-refractivity contribution < 1.29 is 133 Å². The molecule has 0 saturated carbocycles. The smallest absolute Gasteiger partial charge is 0.367 e. The summed E-state index contributed by atoms with van der Waals surface area (Å²) in [6, 6.07) is 0. The predicted octanol–water partition coefficient (Wildman–Crippen LogP) is -12.5. The van der Waals surface area contributed by atoms with Crippen LogP contribution in [0.25, 0.3) is 0 Å². The van der Waals surface area contributed by atoms with Crippen molar-refractivity contribution in [2.75, 3.05) is 105 Å². The molecule has 0 saturated heterocycles. The Balaban J connectivity index is -0.000000119. The zero-order chi connectivity index (χ0) is 38.2. The topological polar surface area (TPSA) is 441 Å². The number of nitrogens with zero attached hydrogens (tertiary/aromatic N) is 4. The molecule has 0 heterocycles. The van der Waals surface area contributed by atoms with E-state index in [-0.39, 0.29) is 130 Å². The van der Waals surface area contributed by atoms with Gasteiger partial charge in [0.05, 0.1) is 0 Å². The van der Waals surface area contributed by atoms with Gasteiger partial charge in [-0.05, 0) is 0 Å². The largest absolute Gasteiger partial charge is 2.00 e.